The summed E-state index contributed by atoms with van der Waals surface area (Å²) in [6.07, 6.45) is 0. The summed E-state index contributed by atoms with van der Waals surface area (Å²) in [5.41, 5.74) is 0.596. The van der Waals surface area contributed by atoms with Crippen LogP contribution in [-0.2, 0) is 0 Å². The number of methoxy groups -OCH3 is 1. The third kappa shape index (κ3) is 3.04. The molecule has 1 aromatic rings. The Morgan fingerprint density at radius 1 is 1.32 bits per heavy atom. The number of nitriles is 1. The lowest BCUT2D eigenvalue weighted by Gasteiger charge is -2.33. The molecule has 1 aliphatic heterocycles. The minimum absolute atomic E-state index is 0.00550. The van der Waals surface area contributed by atoms with Gasteiger partial charge >= 0.3 is 0 Å². The number of piperazine rings is 1. The number of carbonyl (C=O) groups is 1. The first-order chi connectivity index (χ1) is 9.26. The van der Waals surface area contributed by atoms with E-state index in [1.165, 1.54) is 0 Å². The molecular weight excluding hydrogens is 242 g/mol. The van der Waals surface area contributed by atoms with Crippen LogP contribution in [0.5, 0.6) is 5.75 Å². The summed E-state index contributed by atoms with van der Waals surface area (Å²) < 4.78 is 5.22. The highest BCUT2D eigenvalue weighted by Crippen LogP contribution is 2.19. The average Bonchev–Trinajstić information content (AvgIpc) is 2.47. The van der Waals surface area contributed by atoms with E-state index in [1.54, 1.807) is 19.2 Å². The normalized spacial score (nSPS) is 15.9. The molecule has 1 fully saturated rings. The van der Waals surface area contributed by atoms with Crippen molar-refractivity contribution in [3.8, 4) is 11.8 Å². The van der Waals surface area contributed by atoms with E-state index in [4.69, 9.17) is 10.00 Å². The Hall–Kier alpha value is -2.06. The first-order valence-corrected chi connectivity index (χ1v) is 6.28. The van der Waals surface area contributed by atoms with Crippen LogP contribution in [0.2, 0.25) is 0 Å². The van der Waals surface area contributed by atoms with Gasteiger partial charge in [0, 0.05) is 26.2 Å². The molecule has 0 radical (unpaired) electrons. The fourth-order valence-corrected chi connectivity index (χ4v) is 2.20. The van der Waals surface area contributed by atoms with Gasteiger partial charge in [-0.25, -0.2) is 0 Å². The van der Waals surface area contributed by atoms with E-state index in [2.05, 4.69) is 6.07 Å². The number of nitrogens with zero attached hydrogens (tertiary/aromatic N) is 3. The van der Waals surface area contributed by atoms with Crippen LogP contribution in [0, 0.1) is 11.3 Å². The highest BCUT2D eigenvalue weighted by atomic mass is 16.5. The molecule has 0 aromatic heterocycles. The second-order valence-corrected chi connectivity index (χ2v) is 4.43. The molecule has 0 N–H and O–H groups in total. The largest absolute Gasteiger partial charge is 0.496 e. The maximum atomic E-state index is 12.4. The predicted molar refractivity (Wildman–Crippen MR) is 71.0 cm³/mol. The SMILES string of the molecule is COc1ccccc1C(=O)N1CCN(CC#N)CC1. The third-order valence-electron chi connectivity index (χ3n) is 3.29. The Labute approximate surface area is 113 Å². The molecule has 0 unspecified atom stereocenters. The van der Waals surface area contributed by atoms with Crippen molar-refractivity contribution in [2.24, 2.45) is 0 Å². The summed E-state index contributed by atoms with van der Waals surface area (Å²) in [6.45, 7) is 3.22. The molecule has 0 aliphatic carbocycles. The number of para-hydroxylation sites is 1. The molecule has 5 nitrogen and oxygen atoms in total. The van der Waals surface area contributed by atoms with Crippen LogP contribution in [0.3, 0.4) is 0 Å². The van der Waals surface area contributed by atoms with Crippen molar-refractivity contribution in [1.82, 2.24) is 9.80 Å². The smallest absolute Gasteiger partial charge is 0.257 e. The van der Waals surface area contributed by atoms with E-state index in [0.29, 0.717) is 30.9 Å². The fraction of sp³-hybridized carbons (Fsp3) is 0.429. The summed E-state index contributed by atoms with van der Waals surface area (Å²) in [5, 5.41) is 8.65. The second kappa shape index (κ2) is 6.21. The van der Waals surface area contributed by atoms with Gasteiger partial charge in [-0.1, -0.05) is 12.1 Å². The van der Waals surface area contributed by atoms with Gasteiger partial charge in [0.25, 0.3) is 5.91 Å². The van der Waals surface area contributed by atoms with Crippen LogP contribution < -0.4 is 4.74 Å². The van der Waals surface area contributed by atoms with Crippen LogP contribution >= 0.6 is 0 Å². The number of benzene rings is 1. The first-order valence-electron chi connectivity index (χ1n) is 6.28. The lowest BCUT2D eigenvalue weighted by atomic mass is 10.1. The molecule has 19 heavy (non-hydrogen) atoms. The van der Waals surface area contributed by atoms with Crippen molar-refractivity contribution >= 4 is 5.91 Å². The highest BCUT2D eigenvalue weighted by molar-refractivity contribution is 5.97. The zero-order valence-corrected chi connectivity index (χ0v) is 11.0. The molecule has 100 valence electrons. The van der Waals surface area contributed by atoms with Gasteiger partial charge in [0.05, 0.1) is 25.3 Å². The topological polar surface area (TPSA) is 56.6 Å². The lowest BCUT2D eigenvalue weighted by Crippen LogP contribution is -2.48. The minimum Gasteiger partial charge on any atom is -0.496 e. The van der Waals surface area contributed by atoms with Crippen molar-refractivity contribution in [3.63, 3.8) is 0 Å². The quantitative estimate of drug-likeness (QED) is 0.759. The molecule has 5 heteroatoms. The van der Waals surface area contributed by atoms with E-state index in [0.717, 1.165) is 13.1 Å². The van der Waals surface area contributed by atoms with Gasteiger partial charge in [-0.3, -0.25) is 9.69 Å². The van der Waals surface area contributed by atoms with Crippen LogP contribution in [0.25, 0.3) is 0 Å². The number of hydrogen-bond donors (Lipinski definition) is 0. The maximum Gasteiger partial charge on any atom is 0.257 e. The molecule has 1 amide bonds. The van der Waals surface area contributed by atoms with Gasteiger partial charge in [-0.05, 0) is 12.1 Å². The second-order valence-electron chi connectivity index (χ2n) is 4.43. The molecule has 1 saturated heterocycles. The van der Waals surface area contributed by atoms with Gasteiger partial charge in [-0.2, -0.15) is 5.26 Å². The lowest BCUT2D eigenvalue weighted by molar-refractivity contribution is 0.0648. The number of carbonyl (C=O) groups excluding carboxylic acids is 1. The van der Waals surface area contributed by atoms with Crippen LogP contribution in [-0.4, -0.2) is 55.5 Å². The van der Waals surface area contributed by atoms with Gasteiger partial charge in [0.2, 0.25) is 0 Å². The van der Waals surface area contributed by atoms with E-state index in [1.807, 2.05) is 21.9 Å². The molecule has 0 bridgehead atoms. The Balaban J connectivity index is 2.03. The first kappa shape index (κ1) is 13.4. The van der Waals surface area contributed by atoms with Crippen LogP contribution in [0.15, 0.2) is 24.3 Å². The van der Waals surface area contributed by atoms with Crippen LogP contribution in [0.1, 0.15) is 10.4 Å². The van der Waals surface area contributed by atoms with E-state index in [9.17, 15) is 4.79 Å². The number of ether oxygens (including phenoxy) is 1. The maximum absolute atomic E-state index is 12.4. The van der Waals surface area contributed by atoms with Gasteiger partial charge in [-0.15, -0.1) is 0 Å². The Kier molecular flexibility index (Phi) is 4.37. The van der Waals surface area contributed by atoms with Crippen molar-refractivity contribution in [3.05, 3.63) is 29.8 Å². The molecule has 2 rings (SSSR count). The van der Waals surface area contributed by atoms with Crippen molar-refractivity contribution in [2.75, 3.05) is 39.8 Å². The highest BCUT2D eigenvalue weighted by Gasteiger charge is 2.23. The zero-order chi connectivity index (χ0) is 13.7. The molecule has 1 heterocycles. The molecule has 0 saturated carbocycles. The van der Waals surface area contributed by atoms with Gasteiger partial charge in [0.15, 0.2) is 0 Å². The monoisotopic (exact) mass is 259 g/mol. The standard InChI is InChI=1S/C14H17N3O2/c1-19-13-5-3-2-4-12(13)14(18)17-10-8-16(7-6-15)9-11-17/h2-5H,7-11H2,1H3. The summed E-state index contributed by atoms with van der Waals surface area (Å²) in [6, 6.07) is 9.39. The number of hydrogen-bond acceptors (Lipinski definition) is 4. The third-order valence-corrected chi connectivity index (χ3v) is 3.29. The molecule has 1 aliphatic rings. The van der Waals surface area contributed by atoms with Gasteiger partial charge in [0.1, 0.15) is 5.75 Å². The summed E-state index contributed by atoms with van der Waals surface area (Å²) in [4.78, 5) is 16.3. The van der Waals surface area contributed by atoms with E-state index < -0.39 is 0 Å². The van der Waals surface area contributed by atoms with Crippen molar-refractivity contribution in [2.45, 2.75) is 0 Å². The summed E-state index contributed by atoms with van der Waals surface area (Å²) in [7, 11) is 1.57. The van der Waals surface area contributed by atoms with E-state index >= 15 is 0 Å². The summed E-state index contributed by atoms with van der Waals surface area (Å²) >= 11 is 0. The zero-order valence-electron chi connectivity index (χ0n) is 11.0. The molecule has 0 spiro atoms. The van der Waals surface area contributed by atoms with Crippen LogP contribution in [0.4, 0.5) is 0 Å². The Morgan fingerprint density at radius 2 is 2.00 bits per heavy atom. The molecule has 0 atom stereocenters. The van der Waals surface area contributed by atoms with E-state index in [-0.39, 0.29) is 5.91 Å². The average molecular weight is 259 g/mol. The van der Waals surface area contributed by atoms with Gasteiger partial charge < -0.3 is 9.64 Å². The minimum atomic E-state index is -0.00550. The number of rotatable bonds is 3. The molecular formula is C14H17N3O2. The molecule has 1 aromatic carbocycles. The Morgan fingerprint density at radius 3 is 2.63 bits per heavy atom. The van der Waals surface area contributed by atoms with Crippen molar-refractivity contribution < 1.29 is 9.53 Å². The van der Waals surface area contributed by atoms with Crippen molar-refractivity contribution in [1.29, 1.82) is 5.26 Å². The fourth-order valence-electron chi connectivity index (χ4n) is 2.20. The number of amides is 1. The predicted octanol–water partition coefficient (Wildman–Crippen LogP) is 0.977. The summed E-state index contributed by atoms with van der Waals surface area (Å²) in [5.74, 6) is 0.598. The Bertz CT molecular complexity index is 488.